The van der Waals surface area contributed by atoms with Crippen LogP contribution in [-0.4, -0.2) is 28.1 Å². The summed E-state index contributed by atoms with van der Waals surface area (Å²) in [5, 5.41) is 10.2. The lowest BCUT2D eigenvalue weighted by Crippen LogP contribution is -2.22. The number of carbonyl (C=O) groups excluding carboxylic acids is 1. The van der Waals surface area contributed by atoms with Crippen molar-refractivity contribution in [3.05, 3.63) is 6.20 Å². The molecule has 0 radical (unpaired) electrons. The average molecular weight is 240 g/mol. The van der Waals surface area contributed by atoms with Gasteiger partial charge in [-0.15, -0.1) is 0 Å². The largest absolute Gasteiger partial charge is 0.413 e. The Morgan fingerprint density at radius 1 is 1.47 bits per heavy atom. The minimum absolute atomic E-state index is 0.238. The first-order valence-electron chi connectivity index (χ1n) is 6.02. The van der Waals surface area contributed by atoms with E-state index < -0.39 is 6.09 Å². The summed E-state index contributed by atoms with van der Waals surface area (Å²) in [6, 6.07) is 0.333. The molecule has 0 aromatic carbocycles. The summed E-state index contributed by atoms with van der Waals surface area (Å²) in [4.78, 5) is 11.0. The van der Waals surface area contributed by atoms with Crippen molar-refractivity contribution < 1.29 is 9.53 Å². The zero-order valence-electron chi connectivity index (χ0n) is 10.6. The lowest BCUT2D eigenvalue weighted by molar-refractivity contribution is 0.201. The van der Waals surface area contributed by atoms with Crippen molar-refractivity contribution in [1.82, 2.24) is 20.3 Å². The van der Waals surface area contributed by atoms with Crippen LogP contribution in [-0.2, 0) is 0 Å². The molecule has 6 heteroatoms. The summed E-state index contributed by atoms with van der Waals surface area (Å²) in [6.07, 6.45) is 5.43. The minimum Gasteiger partial charge on any atom is -0.388 e. The molecule has 0 saturated carbocycles. The first-order valence-corrected chi connectivity index (χ1v) is 6.02. The van der Waals surface area contributed by atoms with Crippen molar-refractivity contribution in [3.63, 3.8) is 0 Å². The molecule has 0 saturated heterocycles. The molecule has 0 atom stereocenters. The van der Waals surface area contributed by atoms with Crippen molar-refractivity contribution in [3.8, 4) is 5.88 Å². The molecule has 6 nitrogen and oxygen atoms in total. The predicted molar refractivity (Wildman–Crippen MR) is 64.0 cm³/mol. The van der Waals surface area contributed by atoms with Crippen LogP contribution in [0.25, 0.3) is 0 Å². The summed E-state index contributed by atoms with van der Waals surface area (Å²) in [5.41, 5.74) is 0. The van der Waals surface area contributed by atoms with Crippen LogP contribution in [0.3, 0.4) is 0 Å². The fourth-order valence-electron chi connectivity index (χ4n) is 1.71. The number of rotatable bonds is 6. The van der Waals surface area contributed by atoms with E-state index in [0.29, 0.717) is 6.04 Å². The van der Waals surface area contributed by atoms with Crippen LogP contribution in [0.15, 0.2) is 6.20 Å². The standard InChI is InChI=1S/C11H20N4O2/c1-4-6-9(7-5-2)15-8-10(13-14-15)17-11(16)12-3/h8-9H,4-7H2,1-3H3,(H,12,16). The Bertz CT molecular complexity index is 345. The molecule has 17 heavy (non-hydrogen) atoms. The van der Waals surface area contributed by atoms with Crippen LogP contribution in [0.1, 0.15) is 45.6 Å². The van der Waals surface area contributed by atoms with Gasteiger partial charge in [-0.05, 0) is 12.8 Å². The van der Waals surface area contributed by atoms with Gasteiger partial charge in [0, 0.05) is 7.05 Å². The number of aromatic nitrogens is 3. The topological polar surface area (TPSA) is 69.0 Å². The molecule has 1 aromatic rings. The maximum absolute atomic E-state index is 11.0. The molecular weight excluding hydrogens is 220 g/mol. The van der Waals surface area contributed by atoms with E-state index in [1.807, 2.05) is 0 Å². The van der Waals surface area contributed by atoms with Crippen LogP contribution in [0, 0.1) is 0 Å². The summed E-state index contributed by atoms with van der Waals surface area (Å²) in [5.74, 6) is 0.238. The molecule has 1 aromatic heterocycles. The van der Waals surface area contributed by atoms with Gasteiger partial charge in [-0.3, -0.25) is 0 Å². The second-order valence-electron chi connectivity index (χ2n) is 3.91. The van der Waals surface area contributed by atoms with Gasteiger partial charge in [-0.25, -0.2) is 9.48 Å². The van der Waals surface area contributed by atoms with E-state index in [1.165, 1.54) is 7.05 Å². The van der Waals surface area contributed by atoms with Gasteiger partial charge >= 0.3 is 6.09 Å². The number of carbonyl (C=O) groups is 1. The van der Waals surface area contributed by atoms with Crippen LogP contribution in [0.4, 0.5) is 4.79 Å². The molecule has 0 aliphatic rings. The molecule has 96 valence electrons. The zero-order valence-corrected chi connectivity index (χ0v) is 10.6. The van der Waals surface area contributed by atoms with Crippen molar-refractivity contribution >= 4 is 6.09 Å². The first kappa shape index (κ1) is 13.5. The van der Waals surface area contributed by atoms with E-state index in [0.717, 1.165) is 25.7 Å². The lowest BCUT2D eigenvalue weighted by Gasteiger charge is -2.14. The molecular formula is C11H20N4O2. The van der Waals surface area contributed by atoms with Gasteiger partial charge in [0.05, 0.1) is 12.2 Å². The Hall–Kier alpha value is -1.59. The molecule has 0 spiro atoms. The Morgan fingerprint density at radius 2 is 2.12 bits per heavy atom. The molecule has 0 fully saturated rings. The van der Waals surface area contributed by atoms with E-state index in [2.05, 4.69) is 29.5 Å². The fraction of sp³-hybridized carbons (Fsp3) is 0.727. The van der Waals surface area contributed by atoms with Gasteiger partial charge < -0.3 is 10.1 Å². The number of nitrogens with zero attached hydrogens (tertiary/aromatic N) is 3. The molecule has 0 aliphatic carbocycles. The quantitative estimate of drug-likeness (QED) is 0.827. The zero-order chi connectivity index (χ0) is 12.7. The molecule has 1 heterocycles. The molecule has 1 amide bonds. The summed E-state index contributed by atoms with van der Waals surface area (Å²) in [7, 11) is 1.50. The molecule has 0 unspecified atom stereocenters. The Balaban J connectivity index is 2.66. The minimum atomic E-state index is -0.528. The second-order valence-corrected chi connectivity index (χ2v) is 3.91. The van der Waals surface area contributed by atoms with E-state index in [1.54, 1.807) is 10.9 Å². The van der Waals surface area contributed by atoms with Gasteiger partial charge in [0.25, 0.3) is 5.88 Å². The third kappa shape index (κ3) is 4.05. The average Bonchev–Trinajstić information content (AvgIpc) is 2.77. The maximum Gasteiger partial charge on any atom is 0.413 e. The SMILES string of the molecule is CCCC(CCC)n1cc(OC(=O)NC)nn1. The van der Waals surface area contributed by atoms with Gasteiger partial charge in [0.1, 0.15) is 0 Å². The van der Waals surface area contributed by atoms with Crippen LogP contribution in [0.2, 0.25) is 0 Å². The summed E-state index contributed by atoms with van der Waals surface area (Å²) < 4.78 is 6.69. The number of hydrogen-bond donors (Lipinski definition) is 1. The maximum atomic E-state index is 11.0. The third-order valence-corrected chi connectivity index (χ3v) is 2.51. The fourth-order valence-corrected chi connectivity index (χ4v) is 1.71. The van der Waals surface area contributed by atoms with Gasteiger partial charge in [0.2, 0.25) is 0 Å². The van der Waals surface area contributed by atoms with Crippen LogP contribution >= 0.6 is 0 Å². The van der Waals surface area contributed by atoms with Crippen molar-refractivity contribution in [2.75, 3.05) is 7.05 Å². The highest BCUT2D eigenvalue weighted by molar-refractivity contribution is 5.69. The molecule has 1 N–H and O–H groups in total. The molecule has 0 bridgehead atoms. The first-order chi connectivity index (χ1) is 8.21. The molecule has 1 rings (SSSR count). The highest BCUT2D eigenvalue weighted by Gasteiger charge is 2.13. The monoisotopic (exact) mass is 240 g/mol. The number of amides is 1. The van der Waals surface area contributed by atoms with Gasteiger partial charge in [-0.1, -0.05) is 37.0 Å². The highest BCUT2D eigenvalue weighted by atomic mass is 16.6. The van der Waals surface area contributed by atoms with E-state index >= 15 is 0 Å². The summed E-state index contributed by atoms with van der Waals surface area (Å²) in [6.45, 7) is 4.28. The van der Waals surface area contributed by atoms with Crippen molar-refractivity contribution in [1.29, 1.82) is 0 Å². The highest BCUT2D eigenvalue weighted by Crippen LogP contribution is 2.20. The van der Waals surface area contributed by atoms with E-state index in [9.17, 15) is 4.79 Å². The second kappa shape index (κ2) is 6.88. The smallest absolute Gasteiger partial charge is 0.388 e. The third-order valence-electron chi connectivity index (χ3n) is 2.51. The van der Waals surface area contributed by atoms with Crippen molar-refractivity contribution in [2.24, 2.45) is 0 Å². The number of nitrogens with one attached hydrogen (secondary N) is 1. The van der Waals surface area contributed by atoms with Gasteiger partial charge in [-0.2, -0.15) is 0 Å². The van der Waals surface area contributed by atoms with Crippen molar-refractivity contribution in [2.45, 2.75) is 45.6 Å². The van der Waals surface area contributed by atoms with E-state index in [4.69, 9.17) is 4.74 Å². The normalized spacial score (nSPS) is 10.6. The predicted octanol–water partition coefficient (Wildman–Crippen LogP) is 2.14. The lowest BCUT2D eigenvalue weighted by atomic mass is 10.1. The number of hydrogen-bond acceptors (Lipinski definition) is 4. The Morgan fingerprint density at radius 3 is 2.65 bits per heavy atom. The van der Waals surface area contributed by atoms with Gasteiger partial charge in [0.15, 0.2) is 0 Å². The van der Waals surface area contributed by atoms with Crippen LogP contribution in [0.5, 0.6) is 5.88 Å². The Labute approximate surface area is 101 Å². The summed E-state index contributed by atoms with van der Waals surface area (Å²) >= 11 is 0. The molecule has 0 aliphatic heterocycles. The van der Waals surface area contributed by atoms with E-state index in [-0.39, 0.29) is 5.88 Å². The Kier molecular flexibility index (Phi) is 5.45. The number of ether oxygens (including phenoxy) is 1. The van der Waals surface area contributed by atoms with Crippen LogP contribution < -0.4 is 10.1 Å².